The van der Waals surface area contributed by atoms with Crippen molar-refractivity contribution < 1.29 is 22.8 Å². The molecule has 0 bridgehead atoms. The lowest BCUT2D eigenvalue weighted by atomic mass is 10.1. The van der Waals surface area contributed by atoms with Gasteiger partial charge in [0.15, 0.2) is 5.82 Å². The van der Waals surface area contributed by atoms with E-state index in [0.29, 0.717) is 27.9 Å². The number of likely N-dealkylation sites (tertiary alicyclic amines) is 2. The number of carbonyl (C=O) groups excluding carboxylic acids is 2. The molecule has 2 fully saturated rings. The van der Waals surface area contributed by atoms with Crippen LogP contribution in [0, 0.1) is 5.92 Å². The largest absolute Gasteiger partial charge is 0.382 e. The zero-order valence-electron chi connectivity index (χ0n) is 20.5. The molecule has 2 atom stereocenters. The molecule has 2 aliphatic heterocycles. The summed E-state index contributed by atoms with van der Waals surface area (Å²) in [5, 5.41) is 7.01. The molecular weight excluding hydrogens is 487 g/mol. The van der Waals surface area contributed by atoms with Crippen LogP contribution in [-0.4, -0.2) is 80.5 Å². The van der Waals surface area contributed by atoms with Crippen molar-refractivity contribution in [3.8, 4) is 11.3 Å². The number of halogens is 3. The second-order valence-corrected chi connectivity index (χ2v) is 10.0. The number of nitrogen functional groups attached to an aromatic ring is 1. The zero-order valence-corrected chi connectivity index (χ0v) is 20.5. The monoisotopic (exact) mass is 515 g/mol. The Bertz CT molecular complexity index is 1350. The molecule has 12 heteroatoms. The molecule has 37 heavy (non-hydrogen) atoms. The van der Waals surface area contributed by atoms with Crippen molar-refractivity contribution in [3.05, 3.63) is 47.8 Å². The summed E-state index contributed by atoms with van der Waals surface area (Å²) in [6.07, 6.45) is -0.0594. The van der Waals surface area contributed by atoms with E-state index in [4.69, 9.17) is 5.73 Å². The number of hydrogen-bond donors (Lipinski definition) is 2. The Morgan fingerprint density at radius 1 is 1.22 bits per heavy atom. The van der Waals surface area contributed by atoms with Crippen LogP contribution >= 0.6 is 0 Å². The fraction of sp³-hybridized carbons (Fsp3) is 0.440. The van der Waals surface area contributed by atoms with Crippen LogP contribution in [0.2, 0.25) is 0 Å². The molecule has 2 saturated heterocycles. The van der Waals surface area contributed by atoms with Crippen molar-refractivity contribution in [2.24, 2.45) is 5.92 Å². The average Bonchev–Trinajstić information content (AvgIpc) is 3.38. The first kappa shape index (κ1) is 25.0. The summed E-state index contributed by atoms with van der Waals surface area (Å²) in [5.74, 6) is -3.35. The summed E-state index contributed by atoms with van der Waals surface area (Å²) in [6, 6.07) is 7.74. The SMILES string of the molecule is CC(C)C(=O)N1C[C@H](F)[C@H](NC(=O)c2cccc(-c3cc(CN4CC(F)(F)C4)c4c(N)ncnn34)c2)C1. The number of anilines is 1. The van der Waals surface area contributed by atoms with E-state index in [-0.39, 0.29) is 50.4 Å². The van der Waals surface area contributed by atoms with E-state index in [1.807, 2.05) is 0 Å². The summed E-state index contributed by atoms with van der Waals surface area (Å²) in [7, 11) is 0. The smallest absolute Gasteiger partial charge is 0.272 e. The molecule has 3 aromatic rings. The van der Waals surface area contributed by atoms with E-state index in [0.717, 1.165) is 0 Å². The van der Waals surface area contributed by atoms with Gasteiger partial charge < -0.3 is 16.0 Å². The summed E-state index contributed by atoms with van der Waals surface area (Å²) >= 11 is 0. The Kier molecular flexibility index (Phi) is 6.30. The van der Waals surface area contributed by atoms with Gasteiger partial charge in [0, 0.05) is 30.1 Å². The van der Waals surface area contributed by atoms with Gasteiger partial charge in [-0.3, -0.25) is 14.5 Å². The Labute approximate surface area is 211 Å². The molecule has 0 aliphatic carbocycles. The first-order valence-electron chi connectivity index (χ1n) is 12.1. The van der Waals surface area contributed by atoms with E-state index in [1.165, 1.54) is 11.2 Å². The molecule has 196 valence electrons. The maximum Gasteiger partial charge on any atom is 0.272 e. The van der Waals surface area contributed by atoms with Crippen LogP contribution in [0.1, 0.15) is 29.8 Å². The lowest BCUT2D eigenvalue weighted by Gasteiger charge is -2.38. The highest BCUT2D eigenvalue weighted by Gasteiger charge is 2.44. The van der Waals surface area contributed by atoms with Crippen LogP contribution in [0.25, 0.3) is 16.8 Å². The number of benzene rings is 1. The minimum Gasteiger partial charge on any atom is -0.382 e. The molecule has 9 nitrogen and oxygen atoms in total. The normalized spacial score (nSPS) is 21.4. The van der Waals surface area contributed by atoms with Gasteiger partial charge in [0.05, 0.1) is 31.4 Å². The predicted octanol–water partition coefficient (Wildman–Crippen LogP) is 2.36. The number of amides is 2. The number of nitrogens with one attached hydrogen (secondary N) is 1. The number of hydrogen-bond acceptors (Lipinski definition) is 6. The highest BCUT2D eigenvalue weighted by molar-refractivity contribution is 5.96. The standard InChI is InChI=1S/C25H28F3N7O2/c1-14(2)24(37)34-9-18(26)19(10-34)32-23(36)16-5-3-4-15(6-16)20-7-17(8-33-11-25(27,28)12-33)21-22(29)30-13-31-35(20)21/h3-7,13-14,18-19H,8-12H2,1-2H3,(H,32,36)(H2,29,30,31)/t18-,19+/m0/s1. The van der Waals surface area contributed by atoms with Crippen molar-refractivity contribution in [2.45, 2.75) is 38.5 Å². The third-order valence-electron chi connectivity index (χ3n) is 6.76. The number of fused-ring (bicyclic) bond motifs is 1. The second kappa shape index (κ2) is 9.33. The molecule has 0 radical (unpaired) electrons. The molecule has 3 N–H and O–H groups in total. The van der Waals surface area contributed by atoms with Gasteiger partial charge >= 0.3 is 0 Å². The van der Waals surface area contributed by atoms with E-state index in [2.05, 4.69) is 15.4 Å². The van der Waals surface area contributed by atoms with E-state index in [1.54, 1.807) is 53.6 Å². The minimum absolute atomic E-state index is 0.0506. The van der Waals surface area contributed by atoms with Gasteiger partial charge in [-0.25, -0.2) is 22.7 Å². The number of aromatic nitrogens is 3. The van der Waals surface area contributed by atoms with Gasteiger partial charge in [0.2, 0.25) is 5.91 Å². The van der Waals surface area contributed by atoms with Crippen LogP contribution in [0.4, 0.5) is 19.0 Å². The van der Waals surface area contributed by atoms with Crippen LogP contribution < -0.4 is 11.1 Å². The molecule has 4 heterocycles. The van der Waals surface area contributed by atoms with Crippen LogP contribution in [0.3, 0.4) is 0 Å². The topological polar surface area (TPSA) is 109 Å². The number of nitrogens with zero attached hydrogens (tertiary/aromatic N) is 5. The van der Waals surface area contributed by atoms with E-state index >= 15 is 0 Å². The highest BCUT2D eigenvalue weighted by atomic mass is 19.3. The Morgan fingerprint density at radius 3 is 2.68 bits per heavy atom. The van der Waals surface area contributed by atoms with Crippen molar-refractivity contribution in [1.29, 1.82) is 0 Å². The van der Waals surface area contributed by atoms with Crippen molar-refractivity contribution in [2.75, 3.05) is 31.9 Å². The second-order valence-electron chi connectivity index (χ2n) is 10.0. The first-order valence-corrected chi connectivity index (χ1v) is 12.1. The van der Waals surface area contributed by atoms with Crippen molar-refractivity contribution in [3.63, 3.8) is 0 Å². The molecule has 0 spiro atoms. The lowest BCUT2D eigenvalue weighted by Crippen LogP contribution is -2.55. The van der Waals surface area contributed by atoms with Gasteiger partial charge in [-0.15, -0.1) is 0 Å². The summed E-state index contributed by atoms with van der Waals surface area (Å²) in [5.41, 5.74) is 8.87. The summed E-state index contributed by atoms with van der Waals surface area (Å²) in [4.78, 5) is 32.3. The van der Waals surface area contributed by atoms with Gasteiger partial charge in [0.25, 0.3) is 11.8 Å². The molecule has 2 aliphatic rings. The predicted molar refractivity (Wildman–Crippen MR) is 131 cm³/mol. The van der Waals surface area contributed by atoms with Crippen molar-refractivity contribution >= 4 is 23.1 Å². The maximum absolute atomic E-state index is 14.6. The van der Waals surface area contributed by atoms with Crippen LogP contribution in [-0.2, 0) is 11.3 Å². The van der Waals surface area contributed by atoms with Gasteiger partial charge in [-0.2, -0.15) is 5.10 Å². The summed E-state index contributed by atoms with van der Waals surface area (Å²) < 4.78 is 42.9. The zero-order chi connectivity index (χ0) is 26.5. The van der Waals surface area contributed by atoms with Crippen molar-refractivity contribution in [1.82, 2.24) is 29.7 Å². The quantitative estimate of drug-likeness (QED) is 0.522. The van der Waals surface area contributed by atoms with Gasteiger partial charge in [0.1, 0.15) is 18.0 Å². The van der Waals surface area contributed by atoms with Crippen LogP contribution in [0.15, 0.2) is 36.7 Å². The summed E-state index contributed by atoms with van der Waals surface area (Å²) in [6.45, 7) is 3.15. The number of alkyl halides is 3. The molecule has 0 unspecified atom stereocenters. The molecular formula is C25H28F3N7O2. The number of nitrogens with two attached hydrogens (primary N) is 1. The van der Waals surface area contributed by atoms with E-state index in [9.17, 15) is 22.8 Å². The fourth-order valence-corrected chi connectivity index (χ4v) is 4.95. The molecule has 0 saturated carbocycles. The highest BCUT2D eigenvalue weighted by Crippen LogP contribution is 2.33. The number of rotatable bonds is 6. The number of carbonyl (C=O) groups is 2. The van der Waals surface area contributed by atoms with Gasteiger partial charge in [-0.05, 0) is 23.8 Å². The molecule has 1 aromatic carbocycles. The average molecular weight is 516 g/mol. The van der Waals surface area contributed by atoms with Crippen LogP contribution in [0.5, 0.6) is 0 Å². The Hall–Kier alpha value is -3.67. The lowest BCUT2D eigenvalue weighted by molar-refractivity contribution is -0.134. The Morgan fingerprint density at radius 2 is 1.97 bits per heavy atom. The van der Waals surface area contributed by atoms with E-state index < -0.39 is 24.0 Å². The minimum atomic E-state index is -2.70. The third kappa shape index (κ3) is 4.85. The third-order valence-corrected chi connectivity index (χ3v) is 6.76. The molecule has 5 rings (SSSR count). The molecule has 2 aromatic heterocycles. The first-order chi connectivity index (χ1) is 17.5. The molecule has 2 amide bonds. The Balaban J connectivity index is 1.38. The maximum atomic E-state index is 14.6. The fourth-order valence-electron chi connectivity index (χ4n) is 4.95. The van der Waals surface area contributed by atoms with Gasteiger partial charge in [-0.1, -0.05) is 26.0 Å².